The number of aliphatic hydroxyl groups is 1. The van der Waals surface area contributed by atoms with Crippen LogP contribution in [0.1, 0.15) is 31.4 Å². The van der Waals surface area contributed by atoms with E-state index in [-0.39, 0.29) is 0 Å². The van der Waals surface area contributed by atoms with Crippen LogP contribution in [-0.4, -0.2) is 22.3 Å². The largest absolute Gasteiger partial charge is 0.385 e. The lowest BCUT2D eigenvalue weighted by Gasteiger charge is -2.30. The summed E-state index contributed by atoms with van der Waals surface area (Å²) in [7, 11) is 0. The Morgan fingerprint density at radius 2 is 2.17 bits per heavy atom. The molecule has 1 aromatic carbocycles. The highest BCUT2D eigenvalue weighted by atomic mass is 16.5. The van der Waals surface area contributed by atoms with Crippen molar-refractivity contribution in [1.82, 2.24) is 4.98 Å². The molecule has 0 radical (unpaired) electrons. The average Bonchev–Trinajstić information content (AvgIpc) is 2.85. The molecule has 2 aromatic rings. The average molecular weight is 243 g/mol. The van der Waals surface area contributed by atoms with Crippen LogP contribution in [0, 0.1) is 0 Å². The van der Waals surface area contributed by atoms with Crippen molar-refractivity contribution in [2.24, 2.45) is 0 Å². The summed E-state index contributed by atoms with van der Waals surface area (Å²) in [5.74, 6) is 0. The lowest BCUT2D eigenvalue weighted by atomic mass is 9.89. The molecule has 2 atom stereocenters. The van der Waals surface area contributed by atoms with Gasteiger partial charge in [0.15, 0.2) is 0 Å². The highest BCUT2D eigenvalue weighted by Crippen LogP contribution is 2.39. The Morgan fingerprint density at radius 3 is 2.94 bits per heavy atom. The molecule has 1 aliphatic rings. The second kappa shape index (κ2) is 4.34. The van der Waals surface area contributed by atoms with E-state index in [9.17, 15) is 5.11 Å². The summed E-state index contributed by atoms with van der Waals surface area (Å²) in [6, 6.07) is 9.83. The van der Waals surface area contributed by atoms with Crippen LogP contribution in [0.4, 0.5) is 0 Å². The van der Waals surface area contributed by atoms with E-state index in [1.807, 2.05) is 37.3 Å². The summed E-state index contributed by atoms with van der Waals surface area (Å²) >= 11 is 0. The van der Waals surface area contributed by atoms with E-state index in [0.717, 1.165) is 35.9 Å². The van der Waals surface area contributed by atoms with Crippen LogP contribution in [0.15, 0.2) is 36.5 Å². The Bertz CT molecular complexity index is 556. The molecule has 0 bridgehead atoms. The zero-order chi connectivity index (χ0) is 12.6. The van der Waals surface area contributed by atoms with Crippen molar-refractivity contribution in [3.05, 3.63) is 42.1 Å². The molecule has 1 N–H and O–H groups in total. The summed E-state index contributed by atoms with van der Waals surface area (Å²) < 4.78 is 5.73. The SMILES string of the molecule is CC1(C(O)c2cccc3cccnc23)CCCO1. The Morgan fingerprint density at radius 1 is 1.33 bits per heavy atom. The molecular formula is C15H17NO2. The third-order valence-electron chi connectivity index (χ3n) is 3.79. The minimum atomic E-state index is -0.626. The van der Waals surface area contributed by atoms with Crippen LogP contribution in [0.2, 0.25) is 0 Å². The van der Waals surface area contributed by atoms with Gasteiger partial charge in [-0.1, -0.05) is 24.3 Å². The zero-order valence-corrected chi connectivity index (χ0v) is 10.5. The zero-order valence-electron chi connectivity index (χ0n) is 10.5. The van der Waals surface area contributed by atoms with Crippen LogP contribution in [0.3, 0.4) is 0 Å². The molecular weight excluding hydrogens is 226 g/mol. The van der Waals surface area contributed by atoms with Gasteiger partial charge in [0.25, 0.3) is 0 Å². The fourth-order valence-corrected chi connectivity index (χ4v) is 2.69. The van der Waals surface area contributed by atoms with E-state index < -0.39 is 11.7 Å². The second-order valence-electron chi connectivity index (χ2n) is 5.09. The summed E-state index contributed by atoms with van der Waals surface area (Å²) in [5, 5.41) is 11.7. The van der Waals surface area contributed by atoms with Crippen molar-refractivity contribution >= 4 is 10.9 Å². The van der Waals surface area contributed by atoms with E-state index in [2.05, 4.69) is 4.98 Å². The lowest BCUT2D eigenvalue weighted by molar-refractivity contribution is -0.0790. The van der Waals surface area contributed by atoms with Gasteiger partial charge < -0.3 is 9.84 Å². The molecule has 1 aliphatic heterocycles. The van der Waals surface area contributed by atoms with Crippen molar-refractivity contribution in [2.45, 2.75) is 31.5 Å². The van der Waals surface area contributed by atoms with Gasteiger partial charge in [-0.05, 0) is 25.8 Å². The van der Waals surface area contributed by atoms with E-state index in [0.29, 0.717) is 0 Å². The van der Waals surface area contributed by atoms with Crippen LogP contribution >= 0.6 is 0 Å². The monoisotopic (exact) mass is 243 g/mol. The number of rotatable bonds is 2. The van der Waals surface area contributed by atoms with Gasteiger partial charge in [0, 0.05) is 23.8 Å². The fourth-order valence-electron chi connectivity index (χ4n) is 2.69. The van der Waals surface area contributed by atoms with Gasteiger partial charge in [-0.15, -0.1) is 0 Å². The maximum absolute atomic E-state index is 10.6. The number of para-hydroxylation sites is 1. The molecule has 2 heterocycles. The molecule has 0 saturated carbocycles. The van der Waals surface area contributed by atoms with Gasteiger partial charge >= 0.3 is 0 Å². The number of aromatic nitrogens is 1. The molecule has 1 saturated heterocycles. The van der Waals surface area contributed by atoms with Crippen LogP contribution in [-0.2, 0) is 4.74 Å². The Hall–Kier alpha value is -1.45. The molecule has 1 fully saturated rings. The maximum atomic E-state index is 10.6. The van der Waals surface area contributed by atoms with Crippen LogP contribution in [0.5, 0.6) is 0 Å². The van der Waals surface area contributed by atoms with Gasteiger partial charge in [0.1, 0.15) is 6.10 Å². The molecule has 1 aromatic heterocycles. The third kappa shape index (κ3) is 1.80. The van der Waals surface area contributed by atoms with Crippen molar-refractivity contribution in [1.29, 1.82) is 0 Å². The van der Waals surface area contributed by atoms with E-state index in [1.54, 1.807) is 6.20 Å². The number of fused-ring (bicyclic) bond motifs is 1. The summed E-state index contributed by atoms with van der Waals surface area (Å²) in [5.41, 5.74) is 1.24. The first-order valence-corrected chi connectivity index (χ1v) is 6.36. The van der Waals surface area contributed by atoms with Crippen molar-refractivity contribution in [3.63, 3.8) is 0 Å². The molecule has 3 nitrogen and oxygen atoms in total. The molecule has 0 spiro atoms. The Kier molecular flexibility index (Phi) is 2.80. The number of pyridine rings is 1. The van der Waals surface area contributed by atoms with Gasteiger partial charge in [-0.3, -0.25) is 4.98 Å². The molecule has 0 amide bonds. The number of benzene rings is 1. The predicted molar refractivity (Wildman–Crippen MR) is 70.3 cm³/mol. The van der Waals surface area contributed by atoms with Crippen molar-refractivity contribution in [3.8, 4) is 0 Å². The summed E-state index contributed by atoms with van der Waals surface area (Å²) in [4.78, 5) is 4.39. The minimum absolute atomic E-state index is 0.480. The first-order chi connectivity index (χ1) is 8.71. The predicted octanol–water partition coefficient (Wildman–Crippen LogP) is 2.84. The van der Waals surface area contributed by atoms with Gasteiger partial charge in [-0.2, -0.15) is 0 Å². The molecule has 3 rings (SSSR count). The third-order valence-corrected chi connectivity index (χ3v) is 3.79. The smallest absolute Gasteiger partial charge is 0.110 e. The molecule has 2 unspecified atom stereocenters. The first-order valence-electron chi connectivity index (χ1n) is 6.36. The molecule has 3 heteroatoms. The van der Waals surface area contributed by atoms with Crippen LogP contribution in [0.25, 0.3) is 10.9 Å². The fraction of sp³-hybridized carbons (Fsp3) is 0.400. The van der Waals surface area contributed by atoms with Crippen molar-refractivity contribution < 1.29 is 9.84 Å². The van der Waals surface area contributed by atoms with E-state index in [1.165, 1.54) is 0 Å². The van der Waals surface area contributed by atoms with E-state index >= 15 is 0 Å². The summed E-state index contributed by atoms with van der Waals surface area (Å²) in [6.45, 7) is 2.71. The lowest BCUT2D eigenvalue weighted by Crippen LogP contribution is -2.32. The Balaban J connectivity index is 2.08. The summed E-state index contributed by atoms with van der Waals surface area (Å²) in [6.07, 6.45) is 3.03. The second-order valence-corrected chi connectivity index (χ2v) is 5.09. The number of nitrogens with zero attached hydrogens (tertiary/aromatic N) is 1. The normalized spacial score (nSPS) is 25.4. The number of ether oxygens (including phenoxy) is 1. The first kappa shape index (κ1) is 11.6. The quantitative estimate of drug-likeness (QED) is 0.882. The number of aliphatic hydroxyl groups excluding tert-OH is 1. The maximum Gasteiger partial charge on any atom is 0.110 e. The van der Waals surface area contributed by atoms with Gasteiger partial charge in [0.05, 0.1) is 11.1 Å². The highest BCUT2D eigenvalue weighted by Gasteiger charge is 2.39. The highest BCUT2D eigenvalue weighted by molar-refractivity contribution is 5.82. The number of hydrogen-bond acceptors (Lipinski definition) is 3. The van der Waals surface area contributed by atoms with E-state index in [4.69, 9.17) is 4.74 Å². The van der Waals surface area contributed by atoms with Crippen molar-refractivity contribution in [2.75, 3.05) is 6.61 Å². The molecule has 94 valence electrons. The number of hydrogen-bond donors (Lipinski definition) is 1. The minimum Gasteiger partial charge on any atom is -0.385 e. The Labute approximate surface area is 106 Å². The van der Waals surface area contributed by atoms with Gasteiger partial charge in [0.2, 0.25) is 0 Å². The standard InChI is InChI=1S/C15H17NO2/c1-15(8-4-10-18-15)14(17)12-7-2-5-11-6-3-9-16-13(11)12/h2-3,5-7,9,14,17H,4,8,10H2,1H3. The van der Waals surface area contributed by atoms with Crippen LogP contribution < -0.4 is 0 Å². The molecule has 0 aliphatic carbocycles. The topological polar surface area (TPSA) is 42.4 Å². The van der Waals surface area contributed by atoms with Gasteiger partial charge in [-0.25, -0.2) is 0 Å². The molecule has 18 heavy (non-hydrogen) atoms.